The number of halogens is 1. The molecule has 0 saturated carbocycles. The topological polar surface area (TPSA) is 81.5 Å². The Balaban J connectivity index is 2.14. The van der Waals surface area contributed by atoms with Crippen LogP contribution in [-0.4, -0.2) is 17.4 Å². The number of nitrogens with zero attached hydrogens (tertiary/aromatic N) is 1. The summed E-state index contributed by atoms with van der Waals surface area (Å²) in [5.41, 5.74) is 0.582. The maximum atomic E-state index is 12.3. The second-order valence-corrected chi connectivity index (χ2v) is 5.16. The summed E-state index contributed by atoms with van der Waals surface area (Å²) < 4.78 is 5.48. The van der Waals surface area contributed by atoms with Crippen LogP contribution in [-0.2, 0) is 0 Å². The summed E-state index contributed by atoms with van der Waals surface area (Å²) >= 11 is 5.96. The van der Waals surface area contributed by atoms with Crippen LogP contribution in [0, 0.1) is 10.1 Å². The number of nitrogens with one attached hydrogen (secondary N) is 1. The summed E-state index contributed by atoms with van der Waals surface area (Å²) in [6.45, 7) is 2.56. The number of non-ortho nitro benzene ring substituents is 1. The van der Waals surface area contributed by atoms with Crippen LogP contribution in [0.1, 0.15) is 23.7 Å². The fraction of sp³-hybridized carbons (Fsp3) is 0.188. The highest BCUT2D eigenvalue weighted by atomic mass is 35.5. The zero-order valence-electron chi connectivity index (χ0n) is 12.4. The van der Waals surface area contributed by atoms with Crippen LogP contribution in [0.5, 0.6) is 5.75 Å². The first-order valence-electron chi connectivity index (χ1n) is 6.99. The van der Waals surface area contributed by atoms with Gasteiger partial charge in [0, 0.05) is 17.7 Å². The first-order valence-corrected chi connectivity index (χ1v) is 7.37. The second kappa shape index (κ2) is 7.60. The predicted octanol–water partition coefficient (Wildman–Crippen LogP) is 4.29. The van der Waals surface area contributed by atoms with Crippen LogP contribution in [0.25, 0.3) is 0 Å². The molecule has 0 atom stereocenters. The molecule has 6 nitrogen and oxygen atoms in total. The third kappa shape index (κ3) is 4.43. The van der Waals surface area contributed by atoms with Crippen molar-refractivity contribution in [2.45, 2.75) is 13.3 Å². The van der Waals surface area contributed by atoms with E-state index in [-0.39, 0.29) is 16.6 Å². The second-order valence-electron chi connectivity index (χ2n) is 4.75. The summed E-state index contributed by atoms with van der Waals surface area (Å²) in [5, 5.41) is 13.4. The number of hydrogen-bond donors (Lipinski definition) is 1. The fourth-order valence-electron chi connectivity index (χ4n) is 1.86. The number of rotatable bonds is 6. The van der Waals surface area contributed by atoms with Gasteiger partial charge in [-0.05, 0) is 30.7 Å². The van der Waals surface area contributed by atoms with Crippen molar-refractivity contribution in [1.29, 1.82) is 0 Å². The monoisotopic (exact) mass is 334 g/mol. The minimum Gasteiger partial charge on any atom is -0.494 e. The van der Waals surface area contributed by atoms with Crippen LogP contribution in [0.3, 0.4) is 0 Å². The summed E-state index contributed by atoms with van der Waals surface area (Å²) in [4.78, 5) is 22.4. The maximum Gasteiger partial charge on any atom is 0.271 e. The molecule has 0 saturated heterocycles. The minimum absolute atomic E-state index is 0.103. The van der Waals surface area contributed by atoms with E-state index in [1.165, 1.54) is 18.2 Å². The molecular weight excluding hydrogens is 320 g/mol. The molecule has 0 bridgehead atoms. The summed E-state index contributed by atoms with van der Waals surface area (Å²) in [7, 11) is 0. The lowest BCUT2D eigenvalue weighted by atomic mass is 10.2. The molecule has 0 unspecified atom stereocenters. The smallest absolute Gasteiger partial charge is 0.271 e. The summed E-state index contributed by atoms with van der Waals surface area (Å²) in [6, 6.07) is 10.6. The van der Waals surface area contributed by atoms with E-state index in [4.69, 9.17) is 16.3 Å². The van der Waals surface area contributed by atoms with E-state index in [0.29, 0.717) is 23.6 Å². The molecule has 0 heterocycles. The van der Waals surface area contributed by atoms with Crippen LogP contribution in [0.4, 0.5) is 11.4 Å². The molecule has 0 aliphatic rings. The number of nitro groups is 1. The number of ether oxygens (including phenoxy) is 1. The standard InChI is InChI=1S/C16H15ClN2O4/c1-2-8-23-13-5-3-4-11(9-13)16(20)18-15-7-6-12(19(21)22)10-14(15)17/h3-7,9-10H,2,8H2,1H3,(H,18,20). The molecule has 7 heteroatoms. The van der Waals surface area contributed by atoms with Crippen molar-refractivity contribution in [2.75, 3.05) is 11.9 Å². The van der Waals surface area contributed by atoms with E-state index < -0.39 is 4.92 Å². The molecular formula is C16H15ClN2O4. The normalized spacial score (nSPS) is 10.2. The van der Waals surface area contributed by atoms with Gasteiger partial charge in [0.15, 0.2) is 0 Å². The molecule has 0 spiro atoms. The quantitative estimate of drug-likeness (QED) is 0.631. The van der Waals surface area contributed by atoms with Crippen LogP contribution in [0.2, 0.25) is 5.02 Å². The SMILES string of the molecule is CCCOc1cccc(C(=O)Nc2ccc([N+](=O)[O-])cc2Cl)c1. The minimum atomic E-state index is -0.550. The van der Waals surface area contributed by atoms with Gasteiger partial charge in [-0.15, -0.1) is 0 Å². The molecule has 120 valence electrons. The number of benzene rings is 2. The van der Waals surface area contributed by atoms with E-state index in [1.807, 2.05) is 6.92 Å². The molecule has 0 aliphatic carbocycles. The van der Waals surface area contributed by atoms with E-state index >= 15 is 0 Å². The van der Waals surface area contributed by atoms with E-state index in [2.05, 4.69) is 5.32 Å². The highest BCUT2D eigenvalue weighted by Crippen LogP contribution is 2.27. The van der Waals surface area contributed by atoms with E-state index in [9.17, 15) is 14.9 Å². The third-order valence-electron chi connectivity index (χ3n) is 2.98. The Kier molecular flexibility index (Phi) is 5.54. The summed E-state index contributed by atoms with van der Waals surface area (Å²) in [5.74, 6) is 0.233. The Bertz CT molecular complexity index is 734. The van der Waals surface area contributed by atoms with Crippen LogP contribution < -0.4 is 10.1 Å². The maximum absolute atomic E-state index is 12.3. The fourth-order valence-corrected chi connectivity index (χ4v) is 2.08. The molecule has 23 heavy (non-hydrogen) atoms. The molecule has 0 radical (unpaired) electrons. The van der Waals surface area contributed by atoms with Crippen molar-refractivity contribution < 1.29 is 14.5 Å². The van der Waals surface area contributed by atoms with Gasteiger partial charge < -0.3 is 10.1 Å². The average molecular weight is 335 g/mol. The number of carbonyl (C=O) groups excluding carboxylic acids is 1. The Hall–Kier alpha value is -2.60. The molecule has 2 aromatic rings. The van der Waals surface area contributed by atoms with Gasteiger partial charge in [0.1, 0.15) is 5.75 Å². The highest BCUT2D eigenvalue weighted by Gasteiger charge is 2.13. The number of carbonyl (C=O) groups is 1. The Morgan fingerprint density at radius 2 is 2.09 bits per heavy atom. The van der Waals surface area contributed by atoms with Crippen molar-refractivity contribution >= 4 is 28.9 Å². The van der Waals surface area contributed by atoms with Gasteiger partial charge >= 0.3 is 0 Å². The average Bonchev–Trinajstić information content (AvgIpc) is 2.54. The third-order valence-corrected chi connectivity index (χ3v) is 3.29. The van der Waals surface area contributed by atoms with Crippen molar-refractivity contribution in [3.63, 3.8) is 0 Å². The lowest BCUT2D eigenvalue weighted by molar-refractivity contribution is -0.384. The zero-order chi connectivity index (χ0) is 16.8. The lowest BCUT2D eigenvalue weighted by Gasteiger charge is -2.09. The molecule has 0 aromatic heterocycles. The summed E-state index contributed by atoms with van der Waals surface area (Å²) in [6.07, 6.45) is 0.870. The molecule has 0 fully saturated rings. The lowest BCUT2D eigenvalue weighted by Crippen LogP contribution is -2.12. The van der Waals surface area contributed by atoms with Crippen LogP contribution >= 0.6 is 11.6 Å². The van der Waals surface area contributed by atoms with Crippen molar-refractivity contribution in [3.05, 3.63) is 63.2 Å². The first-order chi connectivity index (χ1) is 11.0. The van der Waals surface area contributed by atoms with Gasteiger partial charge in [-0.3, -0.25) is 14.9 Å². The van der Waals surface area contributed by atoms with Crippen molar-refractivity contribution in [1.82, 2.24) is 0 Å². The van der Waals surface area contributed by atoms with E-state index in [1.54, 1.807) is 24.3 Å². The molecule has 1 N–H and O–H groups in total. The number of anilines is 1. The van der Waals surface area contributed by atoms with Crippen molar-refractivity contribution in [3.8, 4) is 5.75 Å². The highest BCUT2D eigenvalue weighted by molar-refractivity contribution is 6.34. The predicted molar refractivity (Wildman–Crippen MR) is 88.3 cm³/mol. The molecule has 2 rings (SSSR count). The van der Waals surface area contributed by atoms with Gasteiger partial charge in [-0.1, -0.05) is 24.6 Å². The molecule has 2 aromatic carbocycles. The van der Waals surface area contributed by atoms with Gasteiger partial charge in [0.2, 0.25) is 0 Å². The largest absolute Gasteiger partial charge is 0.494 e. The van der Waals surface area contributed by atoms with E-state index in [0.717, 1.165) is 6.42 Å². The zero-order valence-corrected chi connectivity index (χ0v) is 13.2. The number of nitro benzene ring substituents is 1. The number of hydrogen-bond acceptors (Lipinski definition) is 4. The van der Waals surface area contributed by atoms with Gasteiger partial charge in [0.05, 0.1) is 22.2 Å². The van der Waals surface area contributed by atoms with Gasteiger partial charge in [0.25, 0.3) is 11.6 Å². The Morgan fingerprint density at radius 3 is 2.74 bits per heavy atom. The van der Waals surface area contributed by atoms with Gasteiger partial charge in [-0.2, -0.15) is 0 Å². The van der Waals surface area contributed by atoms with Crippen molar-refractivity contribution in [2.24, 2.45) is 0 Å². The van der Waals surface area contributed by atoms with Gasteiger partial charge in [-0.25, -0.2) is 0 Å². The molecule has 1 amide bonds. The first kappa shape index (κ1) is 16.8. The Morgan fingerprint density at radius 1 is 1.30 bits per heavy atom. The number of amides is 1. The van der Waals surface area contributed by atoms with Crippen LogP contribution in [0.15, 0.2) is 42.5 Å². The Labute approximate surface area is 138 Å². The molecule has 0 aliphatic heterocycles.